The first-order chi connectivity index (χ1) is 9.24. The minimum Gasteiger partial charge on any atom is -0.483 e. The van der Waals surface area contributed by atoms with Crippen LogP contribution >= 0.6 is 0 Å². The molecule has 0 heterocycles. The number of carbonyl (C=O) groups excluding carboxylic acids is 1. The molecule has 100 valence electrons. The first kappa shape index (κ1) is 16.2. The van der Waals surface area contributed by atoms with Crippen LogP contribution < -0.4 is 11.1 Å². The SMILES string of the molecule is Nc1ccccc1.O=CNc1ccccc1.O=CO. The van der Waals surface area contributed by atoms with Crippen molar-refractivity contribution in [1.82, 2.24) is 0 Å². The number of nitrogen functional groups attached to an aromatic ring is 1. The van der Waals surface area contributed by atoms with Gasteiger partial charge in [0.1, 0.15) is 0 Å². The minimum absolute atomic E-state index is 0.250. The van der Waals surface area contributed by atoms with Gasteiger partial charge in [0.15, 0.2) is 0 Å². The van der Waals surface area contributed by atoms with Crippen LogP contribution in [0.4, 0.5) is 11.4 Å². The van der Waals surface area contributed by atoms with E-state index < -0.39 is 0 Å². The minimum atomic E-state index is -0.250. The van der Waals surface area contributed by atoms with Crippen molar-refractivity contribution >= 4 is 24.3 Å². The molecule has 0 atom stereocenters. The third-order valence-corrected chi connectivity index (χ3v) is 1.80. The van der Waals surface area contributed by atoms with Gasteiger partial charge in [0.2, 0.25) is 6.41 Å². The van der Waals surface area contributed by atoms with Crippen molar-refractivity contribution in [3.63, 3.8) is 0 Å². The van der Waals surface area contributed by atoms with Gasteiger partial charge in [-0.25, -0.2) is 0 Å². The zero-order valence-electron chi connectivity index (χ0n) is 10.3. The van der Waals surface area contributed by atoms with Crippen LogP contribution in [0.1, 0.15) is 0 Å². The average Bonchev–Trinajstić information content (AvgIpc) is 2.43. The number of benzene rings is 2. The second kappa shape index (κ2) is 11.7. The Morgan fingerprint density at radius 1 is 0.895 bits per heavy atom. The molecule has 0 radical (unpaired) electrons. The Bertz CT molecular complexity index is 447. The van der Waals surface area contributed by atoms with Crippen LogP contribution in [-0.2, 0) is 9.59 Å². The predicted octanol–water partition coefficient (Wildman–Crippen LogP) is 2.22. The molecule has 2 rings (SSSR count). The highest BCUT2D eigenvalue weighted by Crippen LogP contribution is 2.01. The molecule has 4 N–H and O–H groups in total. The topological polar surface area (TPSA) is 92.4 Å². The number of anilines is 2. The number of nitrogens with one attached hydrogen (secondary N) is 1. The van der Waals surface area contributed by atoms with E-state index >= 15 is 0 Å². The van der Waals surface area contributed by atoms with Crippen LogP contribution in [0.3, 0.4) is 0 Å². The van der Waals surface area contributed by atoms with E-state index in [0.717, 1.165) is 11.4 Å². The molecule has 0 saturated heterocycles. The number of hydrogen-bond donors (Lipinski definition) is 3. The fourth-order valence-electron chi connectivity index (χ4n) is 1.06. The van der Waals surface area contributed by atoms with E-state index in [-0.39, 0.29) is 6.47 Å². The van der Waals surface area contributed by atoms with Crippen molar-refractivity contribution in [2.45, 2.75) is 0 Å². The zero-order valence-corrected chi connectivity index (χ0v) is 10.3. The normalized spacial score (nSPS) is 7.79. The Hall–Kier alpha value is -2.82. The summed E-state index contributed by atoms with van der Waals surface area (Å²) < 4.78 is 0. The van der Waals surface area contributed by atoms with E-state index in [1.807, 2.05) is 60.7 Å². The molecule has 0 spiro atoms. The van der Waals surface area contributed by atoms with Gasteiger partial charge >= 0.3 is 0 Å². The summed E-state index contributed by atoms with van der Waals surface area (Å²) >= 11 is 0. The zero-order chi connectivity index (χ0) is 14.3. The van der Waals surface area contributed by atoms with Crippen LogP contribution in [0.5, 0.6) is 0 Å². The largest absolute Gasteiger partial charge is 0.483 e. The molecular formula is C14H16N2O3. The van der Waals surface area contributed by atoms with Gasteiger partial charge in [0.25, 0.3) is 6.47 Å². The average molecular weight is 260 g/mol. The molecule has 0 unspecified atom stereocenters. The Balaban J connectivity index is 0.000000289. The lowest BCUT2D eigenvalue weighted by Gasteiger charge is -1.93. The maximum absolute atomic E-state index is 9.86. The number of para-hydroxylation sites is 2. The summed E-state index contributed by atoms with van der Waals surface area (Å²) in [6, 6.07) is 18.8. The monoisotopic (exact) mass is 260 g/mol. The van der Waals surface area contributed by atoms with Crippen LogP contribution in [0.15, 0.2) is 60.7 Å². The lowest BCUT2D eigenvalue weighted by atomic mass is 10.3. The van der Waals surface area contributed by atoms with Crippen LogP contribution in [0.2, 0.25) is 0 Å². The molecule has 2 aromatic rings. The highest BCUT2D eigenvalue weighted by Gasteiger charge is 1.81. The van der Waals surface area contributed by atoms with E-state index in [0.29, 0.717) is 6.41 Å². The van der Waals surface area contributed by atoms with Gasteiger partial charge in [-0.2, -0.15) is 0 Å². The maximum Gasteiger partial charge on any atom is 0.290 e. The lowest BCUT2D eigenvalue weighted by molar-refractivity contribution is -0.122. The molecular weight excluding hydrogens is 244 g/mol. The highest BCUT2D eigenvalue weighted by atomic mass is 16.3. The fraction of sp³-hybridized carbons (Fsp3) is 0. The Labute approximate surface area is 111 Å². The number of rotatable bonds is 2. The van der Waals surface area contributed by atoms with Gasteiger partial charge in [-0.15, -0.1) is 0 Å². The highest BCUT2D eigenvalue weighted by molar-refractivity contribution is 5.70. The molecule has 0 bridgehead atoms. The Morgan fingerprint density at radius 2 is 1.32 bits per heavy atom. The first-order valence-corrected chi connectivity index (χ1v) is 5.38. The van der Waals surface area contributed by atoms with Gasteiger partial charge in [-0.05, 0) is 24.3 Å². The van der Waals surface area contributed by atoms with E-state index in [9.17, 15) is 4.79 Å². The quantitative estimate of drug-likeness (QED) is 0.570. The second-order valence-corrected chi connectivity index (χ2v) is 3.14. The van der Waals surface area contributed by atoms with Gasteiger partial charge < -0.3 is 16.2 Å². The molecule has 0 aliphatic heterocycles. The number of amides is 1. The smallest absolute Gasteiger partial charge is 0.290 e. The number of carboxylic acid groups (broad SMARTS) is 1. The van der Waals surface area contributed by atoms with Crippen molar-refractivity contribution in [2.24, 2.45) is 0 Å². The fourth-order valence-corrected chi connectivity index (χ4v) is 1.06. The first-order valence-electron chi connectivity index (χ1n) is 5.38. The summed E-state index contributed by atoms with van der Waals surface area (Å²) in [5, 5.41) is 9.42. The molecule has 1 amide bonds. The molecule has 0 saturated carbocycles. The molecule has 0 aliphatic rings. The van der Waals surface area contributed by atoms with Gasteiger partial charge in [-0.3, -0.25) is 9.59 Å². The summed E-state index contributed by atoms with van der Waals surface area (Å²) in [6.07, 6.45) is 0.662. The maximum atomic E-state index is 9.86. The molecule has 0 aliphatic carbocycles. The van der Waals surface area contributed by atoms with Crippen LogP contribution in [-0.4, -0.2) is 18.0 Å². The predicted molar refractivity (Wildman–Crippen MR) is 75.7 cm³/mol. The van der Waals surface area contributed by atoms with Crippen molar-refractivity contribution in [2.75, 3.05) is 11.1 Å². The van der Waals surface area contributed by atoms with E-state index in [1.165, 1.54) is 0 Å². The van der Waals surface area contributed by atoms with E-state index in [4.69, 9.17) is 15.6 Å². The molecule has 0 aromatic heterocycles. The summed E-state index contributed by atoms with van der Waals surface area (Å²) in [5.41, 5.74) is 7.01. The van der Waals surface area contributed by atoms with Gasteiger partial charge in [0, 0.05) is 11.4 Å². The summed E-state index contributed by atoms with van der Waals surface area (Å²) in [7, 11) is 0. The number of hydrogen-bond acceptors (Lipinski definition) is 3. The van der Waals surface area contributed by atoms with Crippen molar-refractivity contribution < 1.29 is 14.7 Å². The van der Waals surface area contributed by atoms with Gasteiger partial charge in [-0.1, -0.05) is 36.4 Å². The van der Waals surface area contributed by atoms with E-state index in [1.54, 1.807) is 0 Å². The van der Waals surface area contributed by atoms with Crippen LogP contribution in [0, 0.1) is 0 Å². The van der Waals surface area contributed by atoms with Crippen molar-refractivity contribution in [3.05, 3.63) is 60.7 Å². The Morgan fingerprint density at radius 3 is 1.63 bits per heavy atom. The number of nitrogens with two attached hydrogens (primary N) is 1. The summed E-state index contributed by atoms with van der Waals surface area (Å²) in [6.45, 7) is -0.250. The van der Waals surface area contributed by atoms with Crippen molar-refractivity contribution in [3.8, 4) is 0 Å². The third-order valence-electron chi connectivity index (χ3n) is 1.80. The van der Waals surface area contributed by atoms with Gasteiger partial charge in [0.05, 0.1) is 0 Å². The molecule has 5 nitrogen and oxygen atoms in total. The molecule has 5 heteroatoms. The molecule has 2 aromatic carbocycles. The van der Waals surface area contributed by atoms with E-state index in [2.05, 4.69) is 5.32 Å². The second-order valence-electron chi connectivity index (χ2n) is 3.14. The lowest BCUT2D eigenvalue weighted by Crippen LogP contribution is -1.91. The van der Waals surface area contributed by atoms with Crippen LogP contribution in [0.25, 0.3) is 0 Å². The molecule has 19 heavy (non-hydrogen) atoms. The third kappa shape index (κ3) is 10.1. The summed E-state index contributed by atoms with van der Waals surface area (Å²) in [4.78, 5) is 18.2. The summed E-state index contributed by atoms with van der Waals surface area (Å²) in [5.74, 6) is 0. The number of carbonyl (C=O) groups is 2. The molecule has 0 fully saturated rings. The Kier molecular flexibility index (Phi) is 9.93. The standard InChI is InChI=1S/C7H7NO.C6H7N.CH2O2/c9-6-8-7-4-2-1-3-5-7;7-6-4-2-1-3-5-6;2-1-3/h1-6H,(H,8,9);1-5H,7H2;1H,(H,2,3). The van der Waals surface area contributed by atoms with Crippen molar-refractivity contribution in [1.29, 1.82) is 0 Å².